The summed E-state index contributed by atoms with van der Waals surface area (Å²) in [4.78, 5) is 3.93. The second-order valence-electron chi connectivity index (χ2n) is 4.07. The summed E-state index contributed by atoms with van der Waals surface area (Å²) in [5.74, 6) is 1.61. The minimum absolute atomic E-state index is 0.436. The lowest BCUT2D eigenvalue weighted by Crippen LogP contribution is -1.93. The van der Waals surface area contributed by atoms with Crippen LogP contribution in [0.5, 0.6) is 11.5 Å². The minimum Gasteiger partial charge on any atom is -0.457 e. The molecule has 0 atom stereocenters. The average Bonchev–Trinajstić information content (AvgIpc) is 2.30. The summed E-state index contributed by atoms with van der Waals surface area (Å²) in [7, 11) is 0. The molecule has 3 heteroatoms. The van der Waals surface area contributed by atoms with Crippen molar-refractivity contribution in [3.05, 3.63) is 52.3 Å². The number of hydrogen-bond acceptors (Lipinski definition) is 2. The van der Waals surface area contributed by atoms with Gasteiger partial charge < -0.3 is 4.74 Å². The number of aryl methyl sites for hydroxylation is 2. The zero-order valence-corrected chi connectivity index (χ0v) is 10.9. The van der Waals surface area contributed by atoms with Gasteiger partial charge in [-0.05, 0) is 43.5 Å². The maximum Gasteiger partial charge on any atom is 0.133 e. The van der Waals surface area contributed by atoms with E-state index in [4.69, 9.17) is 16.3 Å². The molecular weight excluding hydrogens is 234 g/mol. The molecule has 0 aliphatic heterocycles. The monoisotopic (exact) mass is 247 g/mol. The summed E-state index contributed by atoms with van der Waals surface area (Å²) in [6.45, 7) is 6.16. The highest BCUT2D eigenvalue weighted by molar-refractivity contribution is 6.29. The maximum atomic E-state index is 5.88. The quantitative estimate of drug-likeness (QED) is 0.732. The van der Waals surface area contributed by atoms with Crippen LogP contribution in [0.1, 0.15) is 16.7 Å². The van der Waals surface area contributed by atoms with Gasteiger partial charge in [0.1, 0.15) is 16.7 Å². The van der Waals surface area contributed by atoms with Crippen LogP contribution in [-0.4, -0.2) is 4.98 Å². The first-order valence-corrected chi connectivity index (χ1v) is 5.82. The lowest BCUT2D eigenvalue weighted by atomic mass is 10.1. The Balaban J connectivity index is 2.39. The van der Waals surface area contributed by atoms with Crippen LogP contribution in [-0.2, 0) is 0 Å². The molecule has 1 heterocycles. The van der Waals surface area contributed by atoms with Crippen LogP contribution in [0.15, 0.2) is 30.5 Å². The Morgan fingerprint density at radius 1 is 1.06 bits per heavy atom. The number of rotatable bonds is 2. The van der Waals surface area contributed by atoms with Gasteiger partial charge in [-0.25, -0.2) is 4.98 Å². The number of pyridine rings is 1. The molecule has 2 aromatic rings. The number of benzene rings is 1. The van der Waals surface area contributed by atoms with E-state index in [0.717, 1.165) is 16.9 Å². The molecule has 17 heavy (non-hydrogen) atoms. The Morgan fingerprint density at radius 3 is 2.47 bits per heavy atom. The number of halogens is 1. The van der Waals surface area contributed by atoms with E-state index >= 15 is 0 Å². The molecule has 0 fully saturated rings. The number of nitrogens with zero attached hydrogens (tertiary/aromatic N) is 1. The third-order valence-electron chi connectivity index (χ3n) is 2.79. The Morgan fingerprint density at radius 2 is 1.76 bits per heavy atom. The fourth-order valence-corrected chi connectivity index (χ4v) is 1.81. The highest BCUT2D eigenvalue weighted by Crippen LogP contribution is 2.30. The van der Waals surface area contributed by atoms with Crippen molar-refractivity contribution in [3.63, 3.8) is 0 Å². The molecule has 0 saturated carbocycles. The predicted octanol–water partition coefficient (Wildman–Crippen LogP) is 4.45. The first-order valence-electron chi connectivity index (χ1n) is 5.44. The molecule has 88 valence electrons. The second kappa shape index (κ2) is 4.76. The molecular formula is C14H14ClNO. The number of hydrogen-bond donors (Lipinski definition) is 0. The summed E-state index contributed by atoms with van der Waals surface area (Å²) in [6.07, 6.45) is 1.64. The van der Waals surface area contributed by atoms with Gasteiger partial charge in [0.25, 0.3) is 0 Å². The summed E-state index contributed by atoms with van der Waals surface area (Å²) in [5, 5.41) is 0.436. The summed E-state index contributed by atoms with van der Waals surface area (Å²) in [6, 6.07) is 7.66. The van der Waals surface area contributed by atoms with E-state index in [2.05, 4.69) is 31.0 Å². The summed E-state index contributed by atoms with van der Waals surface area (Å²) < 4.78 is 5.88. The van der Waals surface area contributed by atoms with Crippen LogP contribution in [0, 0.1) is 20.8 Å². The van der Waals surface area contributed by atoms with E-state index < -0.39 is 0 Å². The zero-order valence-electron chi connectivity index (χ0n) is 10.1. The van der Waals surface area contributed by atoms with Crippen molar-refractivity contribution in [2.24, 2.45) is 0 Å². The molecule has 0 aliphatic rings. The molecule has 1 aromatic heterocycles. The van der Waals surface area contributed by atoms with E-state index in [1.807, 2.05) is 6.92 Å². The molecule has 2 nitrogen and oxygen atoms in total. The highest BCUT2D eigenvalue weighted by Gasteiger charge is 2.07. The topological polar surface area (TPSA) is 22.1 Å². The average molecular weight is 248 g/mol. The molecule has 0 unspecified atom stereocenters. The molecule has 0 amide bonds. The van der Waals surface area contributed by atoms with Gasteiger partial charge in [-0.2, -0.15) is 0 Å². The van der Waals surface area contributed by atoms with Gasteiger partial charge in [0.15, 0.2) is 0 Å². The van der Waals surface area contributed by atoms with Crippen molar-refractivity contribution in [2.45, 2.75) is 20.8 Å². The van der Waals surface area contributed by atoms with Crippen LogP contribution in [0.3, 0.4) is 0 Å². The van der Waals surface area contributed by atoms with Gasteiger partial charge in [-0.1, -0.05) is 23.7 Å². The third kappa shape index (κ3) is 2.59. The highest BCUT2D eigenvalue weighted by atomic mass is 35.5. The van der Waals surface area contributed by atoms with Crippen molar-refractivity contribution < 1.29 is 4.74 Å². The first-order chi connectivity index (χ1) is 8.08. The normalized spacial score (nSPS) is 10.4. The van der Waals surface area contributed by atoms with Crippen LogP contribution in [0.2, 0.25) is 5.15 Å². The van der Waals surface area contributed by atoms with Crippen molar-refractivity contribution in [2.75, 3.05) is 0 Å². The van der Waals surface area contributed by atoms with E-state index in [9.17, 15) is 0 Å². The van der Waals surface area contributed by atoms with Gasteiger partial charge in [0.05, 0.1) is 0 Å². The summed E-state index contributed by atoms with van der Waals surface area (Å²) >= 11 is 5.83. The lowest BCUT2D eigenvalue weighted by molar-refractivity contribution is 0.474. The van der Waals surface area contributed by atoms with E-state index in [1.165, 1.54) is 5.56 Å². The van der Waals surface area contributed by atoms with Gasteiger partial charge in [-0.15, -0.1) is 0 Å². The standard InChI is InChI=1S/C14H14ClNO/c1-9-4-5-10(2)14(11(9)3)17-12-6-7-16-13(15)8-12/h4-8H,1-3H3. The number of ether oxygens (including phenoxy) is 1. The van der Waals surface area contributed by atoms with Crippen molar-refractivity contribution in [3.8, 4) is 11.5 Å². The molecule has 0 aliphatic carbocycles. The predicted molar refractivity (Wildman–Crippen MR) is 70.0 cm³/mol. The van der Waals surface area contributed by atoms with Crippen LogP contribution in [0.4, 0.5) is 0 Å². The Bertz CT molecular complexity index is 552. The SMILES string of the molecule is Cc1ccc(C)c(Oc2ccnc(Cl)c2)c1C. The maximum absolute atomic E-state index is 5.88. The molecule has 0 bridgehead atoms. The lowest BCUT2D eigenvalue weighted by Gasteiger charge is -2.13. The largest absolute Gasteiger partial charge is 0.457 e. The fourth-order valence-electron chi connectivity index (χ4n) is 1.65. The third-order valence-corrected chi connectivity index (χ3v) is 3.00. The molecule has 0 radical (unpaired) electrons. The van der Waals surface area contributed by atoms with Crippen LogP contribution < -0.4 is 4.74 Å². The first kappa shape index (κ1) is 11.9. The van der Waals surface area contributed by atoms with Crippen molar-refractivity contribution >= 4 is 11.6 Å². The van der Waals surface area contributed by atoms with Gasteiger partial charge in [-0.3, -0.25) is 0 Å². The molecule has 0 spiro atoms. The Kier molecular flexibility index (Phi) is 3.34. The summed E-state index contributed by atoms with van der Waals surface area (Å²) in [5.41, 5.74) is 3.48. The molecule has 1 aromatic carbocycles. The van der Waals surface area contributed by atoms with Gasteiger partial charge in [0.2, 0.25) is 0 Å². The van der Waals surface area contributed by atoms with Gasteiger partial charge in [0, 0.05) is 12.3 Å². The zero-order chi connectivity index (χ0) is 12.4. The van der Waals surface area contributed by atoms with E-state index in [0.29, 0.717) is 10.9 Å². The second-order valence-corrected chi connectivity index (χ2v) is 4.46. The fraction of sp³-hybridized carbons (Fsp3) is 0.214. The van der Waals surface area contributed by atoms with Crippen LogP contribution >= 0.6 is 11.6 Å². The molecule has 0 saturated heterocycles. The molecule has 2 rings (SSSR count). The van der Waals surface area contributed by atoms with Crippen LogP contribution in [0.25, 0.3) is 0 Å². The van der Waals surface area contributed by atoms with E-state index in [-0.39, 0.29) is 0 Å². The Labute approximate surface area is 106 Å². The Hall–Kier alpha value is -1.54. The molecule has 0 N–H and O–H groups in total. The minimum atomic E-state index is 0.436. The number of aromatic nitrogens is 1. The van der Waals surface area contributed by atoms with Gasteiger partial charge >= 0.3 is 0 Å². The van der Waals surface area contributed by atoms with E-state index in [1.54, 1.807) is 18.3 Å². The smallest absolute Gasteiger partial charge is 0.133 e. The van der Waals surface area contributed by atoms with Crippen molar-refractivity contribution in [1.29, 1.82) is 0 Å². The van der Waals surface area contributed by atoms with Crippen molar-refractivity contribution in [1.82, 2.24) is 4.98 Å².